The number of nitrogens with two attached hydrogens (primary N) is 1. The molecule has 2 saturated carbocycles. The highest BCUT2D eigenvalue weighted by atomic mass is 16.5. The fourth-order valence-electron chi connectivity index (χ4n) is 3.38. The van der Waals surface area contributed by atoms with Gasteiger partial charge >= 0.3 is 0 Å². The maximum Gasteiger partial charge on any atom is 0.231 e. The molecule has 4 nitrogen and oxygen atoms in total. The van der Waals surface area contributed by atoms with Gasteiger partial charge in [0, 0.05) is 11.5 Å². The second-order valence-corrected chi connectivity index (χ2v) is 6.64. The summed E-state index contributed by atoms with van der Waals surface area (Å²) in [5, 5.41) is 4.11. The Balaban J connectivity index is 1.88. The fourth-order valence-corrected chi connectivity index (χ4v) is 3.38. The smallest absolute Gasteiger partial charge is 0.231 e. The van der Waals surface area contributed by atoms with Crippen LogP contribution in [0.2, 0.25) is 0 Å². The maximum atomic E-state index is 6.29. The summed E-state index contributed by atoms with van der Waals surface area (Å²) in [4.78, 5) is 4.57. The van der Waals surface area contributed by atoms with Crippen LogP contribution in [-0.4, -0.2) is 16.2 Å². The second kappa shape index (κ2) is 3.55. The Hall–Kier alpha value is -0.900. The minimum atomic E-state index is -0.0521. The van der Waals surface area contributed by atoms with Gasteiger partial charge in [-0.25, -0.2) is 0 Å². The highest BCUT2D eigenvalue weighted by Gasteiger charge is 2.49. The Kier molecular flexibility index (Phi) is 2.34. The molecule has 2 aliphatic rings. The lowest BCUT2D eigenvalue weighted by Gasteiger charge is -2.24. The van der Waals surface area contributed by atoms with E-state index < -0.39 is 0 Å². The van der Waals surface area contributed by atoms with Crippen LogP contribution in [0, 0.1) is 11.8 Å². The van der Waals surface area contributed by atoms with Gasteiger partial charge in [-0.2, -0.15) is 4.98 Å². The lowest BCUT2D eigenvalue weighted by molar-refractivity contribution is 0.277. The predicted molar refractivity (Wildman–Crippen MR) is 64.5 cm³/mol. The van der Waals surface area contributed by atoms with Crippen molar-refractivity contribution in [2.24, 2.45) is 17.6 Å². The van der Waals surface area contributed by atoms with Gasteiger partial charge in [0.05, 0.1) is 5.92 Å². The number of hydrogen-bond acceptors (Lipinski definition) is 4. The van der Waals surface area contributed by atoms with Gasteiger partial charge in [-0.3, -0.25) is 0 Å². The zero-order valence-electron chi connectivity index (χ0n) is 10.8. The van der Waals surface area contributed by atoms with Crippen LogP contribution in [-0.2, 0) is 5.41 Å². The maximum absolute atomic E-state index is 6.29. The molecule has 4 unspecified atom stereocenters. The molecular formula is C13H21N3O. The molecular weight excluding hydrogens is 214 g/mol. The first-order chi connectivity index (χ1) is 7.97. The van der Waals surface area contributed by atoms with Gasteiger partial charge in [-0.15, -0.1) is 0 Å². The van der Waals surface area contributed by atoms with Gasteiger partial charge in [0.25, 0.3) is 0 Å². The van der Waals surface area contributed by atoms with Crippen LogP contribution in [0.5, 0.6) is 0 Å². The van der Waals surface area contributed by atoms with E-state index in [1.165, 1.54) is 19.3 Å². The van der Waals surface area contributed by atoms with Crippen LogP contribution in [0.25, 0.3) is 0 Å². The van der Waals surface area contributed by atoms with Crippen molar-refractivity contribution in [3.05, 3.63) is 11.7 Å². The second-order valence-electron chi connectivity index (χ2n) is 6.64. The van der Waals surface area contributed by atoms with Crippen molar-refractivity contribution in [2.45, 2.75) is 57.4 Å². The van der Waals surface area contributed by atoms with Gasteiger partial charge < -0.3 is 10.3 Å². The van der Waals surface area contributed by atoms with E-state index >= 15 is 0 Å². The third kappa shape index (κ3) is 1.69. The minimum absolute atomic E-state index is 0.0521. The van der Waals surface area contributed by atoms with Crippen LogP contribution in [0.15, 0.2) is 4.52 Å². The standard InChI is InChI=1S/C13H21N3O/c1-13(2,3)12-15-11(17-16-12)9-7-4-5-8(6-7)10(9)14/h7-10H,4-6,14H2,1-3H3. The number of fused-ring (bicyclic) bond motifs is 2. The summed E-state index contributed by atoms with van der Waals surface area (Å²) in [5.41, 5.74) is 6.23. The van der Waals surface area contributed by atoms with Crippen LogP contribution in [0.1, 0.15) is 57.7 Å². The molecule has 3 rings (SSSR count). The highest BCUT2D eigenvalue weighted by molar-refractivity contribution is 5.13. The molecule has 0 spiro atoms. The van der Waals surface area contributed by atoms with Crippen molar-refractivity contribution in [1.29, 1.82) is 0 Å². The molecule has 4 atom stereocenters. The normalized spacial score (nSPS) is 36.7. The van der Waals surface area contributed by atoms with Crippen LogP contribution in [0.3, 0.4) is 0 Å². The molecule has 1 heterocycles. The first-order valence-electron chi connectivity index (χ1n) is 6.56. The van der Waals surface area contributed by atoms with Gasteiger partial charge in [-0.1, -0.05) is 25.9 Å². The van der Waals surface area contributed by atoms with Crippen molar-refractivity contribution in [3.8, 4) is 0 Å². The predicted octanol–water partition coefficient (Wildman–Crippen LogP) is 2.21. The first-order valence-corrected chi connectivity index (χ1v) is 6.56. The number of aromatic nitrogens is 2. The summed E-state index contributed by atoms with van der Waals surface area (Å²) in [5.74, 6) is 3.22. The average molecular weight is 235 g/mol. The van der Waals surface area contributed by atoms with E-state index in [0.717, 1.165) is 11.7 Å². The van der Waals surface area contributed by atoms with E-state index in [1.807, 2.05) is 0 Å². The monoisotopic (exact) mass is 235 g/mol. The molecule has 0 radical (unpaired) electrons. The summed E-state index contributed by atoms with van der Waals surface area (Å²) < 4.78 is 5.46. The van der Waals surface area contributed by atoms with Crippen LogP contribution < -0.4 is 5.73 Å². The zero-order valence-corrected chi connectivity index (χ0v) is 10.8. The summed E-state index contributed by atoms with van der Waals surface area (Å²) in [6.07, 6.45) is 3.80. The molecule has 1 aromatic heterocycles. The molecule has 0 saturated heterocycles. The lowest BCUT2D eigenvalue weighted by Crippen LogP contribution is -2.34. The van der Waals surface area contributed by atoms with E-state index in [4.69, 9.17) is 10.3 Å². The SMILES string of the molecule is CC(C)(C)c1noc(C2C3CCC(C3)C2N)n1. The molecule has 0 aliphatic heterocycles. The number of nitrogens with zero attached hydrogens (tertiary/aromatic N) is 2. The van der Waals surface area contributed by atoms with Crippen molar-refractivity contribution >= 4 is 0 Å². The van der Waals surface area contributed by atoms with Crippen LogP contribution in [0.4, 0.5) is 0 Å². The topological polar surface area (TPSA) is 64.9 Å². The molecule has 2 N–H and O–H groups in total. The third-order valence-corrected chi connectivity index (χ3v) is 4.38. The highest BCUT2D eigenvalue weighted by Crippen LogP contribution is 2.51. The number of hydrogen-bond donors (Lipinski definition) is 1. The molecule has 2 fully saturated rings. The quantitative estimate of drug-likeness (QED) is 0.810. The molecule has 0 aromatic carbocycles. The van der Waals surface area contributed by atoms with E-state index in [1.54, 1.807) is 0 Å². The summed E-state index contributed by atoms with van der Waals surface area (Å²) in [6, 6.07) is 0.224. The Labute approximate surface area is 102 Å². The number of rotatable bonds is 1. The van der Waals surface area contributed by atoms with E-state index in [-0.39, 0.29) is 11.5 Å². The summed E-state index contributed by atoms with van der Waals surface area (Å²) >= 11 is 0. The van der Waals surface area contributed by atoms with Gasteiger partial charge in [0.1, 0.15) is 0 Å². The van der Waals surface area contributed by atoms with E-state index in [2.05, 4.69) is 30.9 Å². The van der Waals surface area contributed by atoms with Crippen molar-refractivity contribution in [2.75, 3.05) is 0 Å². The largest absolute Gasteiger partial charge is 0.339 e. The van der Waals surface area contributed by atoms with Crippen molar-refractivity contribution < 1.29 is 4.52 Å². The van der Waals surface area contributed by atoms with E-state index in [0.29, 0.717) is 17.8 Å². The Bertz CT molecular complexity index is 419. The van der Waals surface area contributed by atoms with Gasteiger partial charge in [0.15, 0.2) is 5.82 Å². The Morgan fingerprint density at radius 1 is 1.24 bits per heavy atom. The molecule has 2 aliphatic carbocycles. The Morgan fingerprint density at radius 3 is 2.47 bits per heavy atom. The summed E-state index contributed by atoms with van der Waals surface area (Å²) in [7, 11) is 0. The minimum Gasteiger partial charge on any atom is -0.339 e. The molecule has 0 amide bonds. The third-order valence-electron chi connectivity index (χ3n) is 4.38. The molecule has 4 heteroatoms. The zero-order chi connectivity index (χ0) is 12.2. The van der Waals surface area contributed by atoms with Gasteiger partial charge in [0.2, 0.25) is 5.89 Å². The summed E-state index contributed by atoms with van der Waals surface area (Å²) in [6.45, 7) is 6.30. The van der Waals surface area contributed by atoms with Crippen LogP contribution >= 0.6 is 0 Å². The molecule has 17 heavy (non-hydrogen) atoms. The van der Waals surface area contributed by atoms with E-state index in [9.17, 15) is 0 Å². The average Bonchev–Trinajstić information content (AvgIpc) is 2.87. The molecule has 2 bridgehead atoms. The van der Waals surface area contributed by atoms with Crippen molar-refractivity contribution in [1.82, 2.24) is 10.1 Å². The van der Waals surface area contributed by atoms with Gasteiger partial charge in [-0.05, 0) is 31.1 Å². The fraction of sp³-hybridized carbons (Fsp3) is 0.846. The lowest BCUT2D eigenvalue weighted by atomic mass is 9.85. The first kappa shape index (κ1) is 11.2. The molecule has 1 aromatic rings. The Morgan fingerprint density at radius 2 is 1.94 bits per heavy atom. The van der Waals surface area contributed by atoms with Crippen molar-refractivity contribution in [3.63, 3.8) is 0 Å². The molecule has 94 valence electrons.